The molecule has 1 saturated carbocycles. The topological polar surface area (TPSA) is 69.0 Å². The number of aryl methyl sites for hydroxylation is 1. The molecule has 1 amide bonds. The Morgan fingerprint density at radius 1 is 1.52 bits per heavy atom. The number of anilines is 1. The number of ether oxygens (including phenoxy) is 1. The first-order valence-corrected chi connectivity index (χ1v) is 8.05. The van der Waals surface area contributed by atoms with E-state index in [1.165, 1.54) is 12.8 Å². The molecule has 0 bridgehead atoms. The van der Waals surface area contributed by atoms with Crippen molar-refractivity contribution in [1.82, 2.24) is 14.8 Å². The maximum absolute atomic E-state index is 12.6. The third kappa shape index (κ3) is 3.36. The molecule has 2 aromatic rings. The summed E-state index contributed by atoms with van der Waals surface area (Å²) in [6, 6.07) is 5.63. The van der Waals surface area contributed by atoms with E-state index in [0.717, 1.165) is 11.5 Å². The lowest BCUT2D eigenvalue weighted by Gasteiger charge is -2.16. The highest BCUT2D eigenvalue weighted by atomic mass is 16.5. The summed E-state index contributed by atoms with van der Waals surface area (Å²) in [5.41, 5.74) is 1.32. The second kappa shape index (κ2) is 6.40. The molecule has 0 spiro atoms. The number of hydrogen-bond acceptors (Lipinski definition) is 4. The highest BCUT2D eigenvalue weighted by Gasteiger charge is 2.31. The third-order valence-corrected chi connectivity index (χ3v) is 4.09. The SMILES string of the molecule is CCOc1ncccc1C(=O)Nc1cc(C)nn1C(C)C1CC1. The molecule has 1 N–H and O–H groups in total. The first-order chi connectivity index (χ1) is 11.1. The smallest absolute Gasteiger partial charge is 0.262 e. The Balaban J connectivity index is 1.83. The Hall–Kier alpha value is -2.37. The van der Waals surface area contributed by atoms with Gasteiger partial charge in [0.1, 0.15) is 11.4 Å². The Kier molecular flexibility index (Phi) is 4.32. The second-order valence-corrected chi connectivity index (χ2v) is 5.94. The molecule has 2 heterocycles. The number of carbonyl (C=O) groups excluding carboxylic acids is 1. The molecular formula is C17H22N4O2. The number of carbonyl (C=O) groups is 1. The number of rotatable bonds is 6. The minimum atomic E-state index is -0.231. The number of nitrogens with zero attached hydrogens (tertiary/aromatic N) is 3. The van der Waals surface area contributed by atoms with E-state index in [4.69, 9.17) is 4.74 Å². The van der Waals surface area contributed by atoms with Gasteiger partial charge in [0.05, 0.1) is 18.3 Å². The Bertz CT molecular complexity index is 706. The van der Waals surface area contributed by atoms with Crippen molar-refractivity contribution in [2.75, 3.05) is 11.9 Å². The van der Waals surface area contributed by atoms with Crippen molar-refractivity contribution in [2.24, 2.45) is 5.92 Å². The van der Waals surface area contributed by atoms with E-state index < -0.39 is 0 Å². The summed E-state index contributed by atoms with van der Waals surface area (Å²) in [7, 11) is 0. The van der Waals surface area contributed by atoms with E-state index in [9.17, 15) is 4.79 Å². The van der Waals surface area contributed by atoms with E-state index in [0.29, 0.717) is 30.0 Å². The third-order valence-electron chi connectivity index (χ3n) is 4.09. The van der Waals surface area contributed by atoms with Crippen molar-refractivity contribution in [3.05, 3.63) is 35.7 Å². The molecule has 23 heavy (non-hydrogen) atoms. The van der Waals surface area contributed by atoms with Gasteiger partial charge in [-0.15, -0.1) is 0 Å². The van der Waals surface area contributed by atoms with Gasteiger partial charge in [0.25, 0.3) is 5.91 Å². The predicted octanol–water partition coefficient (Wildman–Crippen LogP) is 3.21. The molecule has 122 valence electrons. The van der Waals surface area contributed by atoms with Crippen molar-refractivity contribution in [3.63, 3.8) is 0 Å². The van der Waals surface area contributed by atoms with Crippen LogP contribution in [0, 0.1) is 12.8 Å². The van der Waals surface area contributed by atoms with Gasteiger partial charge in [0.15, 0.2) is 0 Å². The van der Waals surface area contributed by atoms with E-state index in [1.54, 1.807) is 18.3 Å². The molecule has 0 aromatic carbocycles. The van der Waals surface area contributed by atoms with Crippen LogP contribution in [0.15, 0.2) is 24.4 Å². The zero-order valence-electron chi connectivity index (χ0n) is 13.7. The predicted molar refractivity (Wildman–Crippen MR) is 87.8 cm³/mol. The molecule has 0 saturated heterocycles. The summed E-state index contributed by atoms with van der Waals surface area (Å²) in [6.07, 6.45) is 4.07. The van der Waals surface area contributed by atoms with E-state index >= 15 is 0 Å². The molecule has 3 rings (SSSR count). The van der Waals surface area contributed by atoms with Gasteiger partial charge in [0.2, 0.25) is 5.88 Å². The summed E-state index contributed by atoms with van der Waals surface area (Å²) in [6.45, 7) is 6.41. The highest BCUT2D eigenvalue weighted by Crippen LogP contribution is 2.40. The van der Waals surface area contributed by atoms with Crippen LogP contribution in [0.5, 0.6) is 5.88 Å². The quantitative estimate of drug-likeness (QED) is 0.889. The molecule has 1 aliphatic rings. The summed E-state index contributed by atoms with van der Waals surface area (Å²) in [5.74, 6) is 1.50. The van der Waals surface area contributed by atoms with Crippen LogP contribution < -0.4 is 10.1 Å². The first-order valence-electron chi connectivity index (χ1n) is 8.05. The van der Waals surface area contributed by atoms with Gasteiger partial charge in [-0.3, -0.25) is 4.79 Å². The normalized spacial score (nSPS) is 15.3. The fraction of sp³-hybridized carbons (Fsp3) is 0.471. The van der Waals surface area contributed by atoms with Gasteiger partial charge in [-0.05, 0) is 51.7 Å². The van der Waals surface area contributed by atoms with Crippen molar-refractivity contribution >= 4 is 11.7 Å². The molecule has 1 aliphatic carbocycles. The molecule has 0 aliphatic heterocycles. The van der Waals surface area contributed by atoms with E-state index in [1.807, 2.05) is 24.6 Å². The minimum absolute atomic E-state index is 0.231. The van der Waals surface area contributed by atoms with Crippen LogP contribution in [-0.4, -0.2) is 27.3 Å². The largest absolute Gasteiger partial charge is 0.477 e. The maximum atomic E-state index is 12.6. The molecule has 1 atom stereocenters. The lowest BCUT2D eigenvalue weighted by molar-refractivity contribution is 0.102. The van der Waals surface area contributed by atoms with Gasteiger partial charge in [0, 0.05) is 12.3 Å². The van der Waals surface area contributed by atoms with Gasteiger partial charge >= 0.3 is 0 Å². The monoisotopic (exact) mass is 314 g/mol. The summed E-state index contributed by atoms with van der Waals surface area (Å²) < 4.78 is 7.35. The van der Waals surface area contributed by atoms with Crippen molar-refractivity contribution in [1.29, 1.82) is 0 Å². The number of aromatic nitrogens is 3. The lowest BCUT2D eigenvalue weighted by atomic mass is 10.2. The fourth-order valence-corrected chi connectivity index (χ4v) is 2.70. The minimum Gasteiger partial charge on any atom is -0.477 e. The average molecular weight is 314 g/mol. The van der Waals surface area contributed by atoms with E-state index in [2.05, 4.69) is 22.3 Å². The molecule has 1 unspecified atom stereocenters. The maximum Gasteiger partial charge on any atom is 0.262 e. The van der Waals surface area contributed by atoms with Crippen LogP contribution >= 0.6 is 0 Å². The van der Waals surface area contributed by atoms with Crippen molar-refractivity contribution in [2.45, 2.75) is 39.7 Å². The van der Waals surface area contributed by atoms with Crippen LogP contribution in [0.4, 0.5) is 5.82 Å². The molecule has 6 nitrogen and oxygen atoms in total. The Morgan fingerprint density at radius 2 is 2.30 bits per heavy atom. The molecular weight excluding hydrogens is 292 g/mol. The summed E-state index contributed by atoms with van der Waals surface area (Å²) >= 11 is 0. The molecule has 2 aromatic heterocycles. The van der Waals surface area contributed by atoms with Crippen LogP contribution in [0.2, 0.25) is 0 Å². The summed E-state index contributed by atoms with van der Waals surface area (Å²) in [4.78, 5) is 16.7. The number of amides is 1. The van der Waals surface area contributed by atoms with E-state index in [-0.39, 0.29) is 5.91 Å². The van der Waals surface area contributed by atoms with Crippen molar-refractivity contribution in [3.8, 4) is 5.88 Å². The lowest BCUT2D eigenvalue weighted by Crippen LogP contribution is -2.19. The number of hydrogen-bond donors (Lipinski definition) is 1. The van der Waals surface area contributed by atoms with Gasteiger partial charge in [-0.25, -0.2) is 9.67 Å². The fourth-order valence-electron chi connectivity index (χ4n) is 2.70. The zero-order chi connectivity index (χ0) is 16.4. The Labute approximate surface area is 135 Å². The number of nitrogens with one attached hydrogen (secondary N) is 1. The molecule has 6 heteroatoms. The van der Waals surface area contributed by atoms with Crippen LogP contribution in [-0.2, 0) is 0 Å². The van der Waals surface area contributed by atoms with Crippen LogP contribution in [0.25, 0.3) is 0 Å². The van der Waals surface area contributed by atoms with Crippen molar-refractivity contribution < 1.29 is 9.53 Å². The van der Waals surface area contributed by atoms with Gasteiger partial charge in [-0.1, -0.05) is 0 Å². The van der Waals surface area contributed by atoms with Gasteiger partial charge in [-0.2, -0.15) is 5.10 Å². The Morgan fingerprint density at radius 3 is 3.00 bits per heavy atom. The molecule has 0 radical (unpaired) electrons. The zero-order valence-corrected chi connectivity index (χ0v) is 13.7. The average Bonchev–Trinajstić information content (AvgIpc) is 3.31. The molecule has 1 fully saturated rings. The second-order valence-electron chi connectivity index (χ2n) is 5.94. The highest BCUT2D eigenvalue weighted by molar-refractivity contribution is 6.05. The summed E-state index contributed by atoms with van der Waals surface area (Å²) in [5, 5.41) is 7.48. The van der Waals surface area contributed by atoms with Gasteiger partial charge < -0.3 is 10.1 Å². The van der Waals surface area contributed by atoms with Crippen LogP contribution in [0.3, 0.4) is 0 Å². The standard InChI is InChI=1S/C17H22N4O2/c1-4-23-17-14(6-5-9-18-17)16(22)19-15-10-11(2)20-21(15)12(3)13-7-8-13/h5-6,9-10,12-13H,4,7-8H2,1-3H3,(H,19,22). The first kappa shape index (κ1) is 15.5. The van der Waals surface area contributed by atoms with Crippen LogP contribution in [0.1, 0.15) is 48.8 Å². The number of pyridine rings is 1.